The Hall–Kier alpha value is -3.29. The second kappa shape index (κ2) is 8.38. The van der Waals surface area contributed by atoms with Gasteiger partial charge < -0.3 is 24.5 Å². The average Bonchev–Trinajstić information content (AvgIpc) is 3.13. The third-order valence-corrected chi connectivity index (χ3v) is 4.70. The van der Waals surface area contributed by atoms with Gasteiger partial charge in [-0.05, 0) is 59.1 Å². The quantitative estimate of drug-likeness (QED) is 0.634. The molecule has 0 aliphatic carbocycles. The van der Waals surface area contributed by atoms with Crippen LogP contribution in [0.5, 0.6) is 11.5 Å². The predicted octanol–water partition coefficient (Wildman–Crippen LogP) is 2.74. The van der Waals surface area contributed by atoms with E-state index in [2.05, 4.69) is 5.32 Å². The van der Waals surface area contributed by atoms with E-state index in [4.69, 9.17) is 14.1 Å². The molecule has 0 fully saturated rings. The fourth-order valence-electron chi connectivity index (χ4n) is 3.15. The third-order valence-electron chi connectivity index (χ3n) is 4.70. The van der Waals surface area contributed by atoms with Crippen molar-refractivity contribution in [2.45, 2.75) is 13.2 Å². The normalized spacial score (nSPS) is 12.4. The Kier molecular flexibility index (Phi) is 5.51. The highest BCUT2D eigenvalue weighted by atomic mass is 16.5. The maximum absolute atomic E-state index is 12.6. The Morgan fingerprint density at radius 1 is 1.10 bits per heavy atom. The van der Waals surface area contributed by atoms with Crippen LogP contribution in [0.25, 0.3) is 0 Å². The van der Waals surface area contributed by atoms with Crippen molar-refractivity contribution in [3.63, 3.8) is 0 Å². The van der Waals surface area contributed by atoms with Gasteiger partial charge in [0.25, 0.3) is 5.91 Å². The van der Waals surface area contributed by atoms with Crippen molar-refractivity contribution in [2.75, 3.05) is 12.4 Å². The van der Waals surface area contributed by atoms with E-state index in [1.807, 2.05) is 30.3 Å². The second-order valence-corrected chi connectivity index (χ2v) is 6.70. The first kappa shape index (κ1) is 19.0. The number of rotatable bonds is 6. The molecule has 4 rings (SSSR count). The minimum atomic E-state index is -0.949. The van der Waals surface area contributed by atoms with E-state index < -0.39 is 7.12 Å². The molecule has 1 aliphatic heterocycles. The van der Waals surface area contributed by atoms with Crippen LogP contribution >= 0.6 is 0 Å². The lowest BCUT2D eigenvalue weighted by molar-refractivity contribution is 0.102. The van der Waals surface area contributed by atoms with Crippen LogP contribution in [0.2, 0.25) is 0 Å². The van der Waals surface area contributed by atoms with Crippen molar-refractivity contribution in [3.05, 3.63) is 83.4 Å². The molecule has 0 unspecified atom stereocenters. The number of hydrogen-bond acceptors (Lipinski definition) is 5. The second-order valence-electron chi connectivity index (χ2n) is 6.70. The zero-order valence-corrected chi connectivity index (χ0v) is 15.9. The molecule has 146 valence electrons. The summed E-state index contributed by atoms with van der Waals surface area (Å²) in [6.45, 7) is 0.738. The summed E-state index contributed by atoms with van der Waals surface area (Å²) in [5.74, 6) is 1.10. The summed E-state index contributed by atoms with van der Waals surface area (Å²) < 4.78 is 16.2. The molecule has 0 spiro atoms. The van der Waals surface area contributed by atoms with Crippen molar-refractivity contribution in [1.29, 1.82) is 0 Å². The topological polar surface area (TPSA) is 77.0 Å². The molecule has 0 bridgehead atoms. The van der Waals surface area contributed by atoms with E-state index >= 15 is 0 Å². The van der Waals surface area contributed by atoms with Crippen molar-refractivity contribution >= 4 is 24.2 Å². The van der Waals surface area contributed by atoms with Crippen molar-refractivity contribution in [1.82, 2.24) is 0 Å². The largest absolute Gasteiger partial charge is 0.497 e. The van der Waals surface area contributed by atoms with Gasteiger partial charge in [-0.25, -0.2) is 0 Å². The molecule has 0 radical (unpaired) electrons. The van der Waals surface area contributed by atoms with Crippen molar-refractivity contribution in [2.24, 2.45) is 0 Å². The maximum Gasteiger partial charge on any atom is 0.491 e. The number of methoxy groups -OCH3 is 1. The van der Waals surface area contributed by atoms with Gasteiger partial charge in [-0.1, -0.05) is 24.3 Å². The van der Waals surface area contributed by atoms with Crippen LogP contribution < -0.4 is 20.3 Å². The zero-order chi connectivity index (χ0) is 20.2. The third kappa shape index (κ3) is 4.42. The molecule has 1 aliphatic rings. The SMILES string of the molecule is COc1cccc(COc2cccc(C(=O)Nc3ccc4c(c3)B(O)OC4)c2)c1. The fraction of sp³-hybridized carbons (Fsp3) is 0.136. The lowest BCUT2D eigenvalue weighted by Gasteiger charge is -2.10. The number of anilines is 1. The first-order valence-electron chi connectivity index (χ1n) is 9.22. The summed E-state index contributed by atoms with van der Waals surface area (Å²) in [4.78, 5) is 12.6. The number of benzene rings is 3. The number of carbonyl (C=O) groups is 1. The van der Waals surface area contributed by atoms with Gasteiger partial charge in [-0.15, -0.1) is 0 Å². The number of nitrogens with one attached hydrogen (secondary N) is 1. The van der Waals surface area contributed by atoms with E-state index in [1.165, 1.54) is 0 Å². The Labute approximate surface area is 169 Å². The Morgan fingerprint density at radius 2 is 1.93 bits per heavy atom. The first-order valence-corrected chi connectivity index (χ1v) is 9.22. The highest BCUT2D eigenvalue weighted by Crippen LogP contribution is 2.19. The van der Waals surface area contributed by atoms with Crippen LogP contribution in [0, 0.1) is 0 Å². The minimum absolute atomic E-state index is 0.259. The number of amides is 1. The number of fused-ring (bicyclic) bond motifs is 1. The van der Waals surface area contributed by atoms with E-state index in [-0.39, 0.29) is 5.91 Å². The molecule has 3 aromatic carbocycles. The summed E-state index contributed by atoms with van der Waals surface area (Å²) in [7, 11) is 0.673. The number of carbonyl (C=O) groups excluding carboxylic acids is 1. The standard InChI is InChI=1S/C22H20BNO5/c1-27-19-6-2-4-15(10-19)13-28-20-7-3-5-16(11-20)22(25)24-18-9-8-17-14-29-23(26)21(17)12-18/h2-12,26H,13-14H2,1H3,(H,24,25). The summed E-state index contributed by atoms with van der Waals surface area (Å²) in [5, 5.41) is 12.7. The van der Waals surface area contributed by atoms with Gasteiger partial charge in [0.15, 0.2) is 0 Å². The van der Waals surface area contributed by atoms with E-state index in [9.17, 15) is 9.82 Å². The Balaban J connectivity index is 1.42. The maximum atomic E-state index is 12.6. The first-order chi connectivity index (χ1) is 14.1. The van der Waals surface area contributed by atoms with Crippen LogP contribution in [0.3, 0.4) is 0 Å². The van der Waals surface area contributed by atoms with Gasteiger partial charge in [-0.2, -0.15) is 0 Å². The summed E-state index contributed by atoms with van der Waals surface area (Å²) in [6.07, 6.45) is 0. The van der Waals surface area contributed by atoms with Crippen LogP contribution in [-0.4, -0.2) is 25.2 Å². The Bertz CT molecular complexity index is 1040. The van der Waals surface area contributed by atoms with Crippen LogP contribution in [0.1, 0.15) is 21.5 Å². The number of hydrogen-bond donors (Lipinski definition) is 2. The van der Waals surface area contributed by atoms with E-state index in [0.29, 0.717) is 35.7 Å². The van der Waals surface area contributed by atoms with E-state index in [1.54, 1.807) is 43.5 Å². The van der Waals surface area contributed by atoms with Gasteiger partial charge in [0.05, 0.1) is 13.7 Å². The van der Waals surface area contributed by atoms with Gasteiger partial charge >= 0.3 is 7.12 Å². The lowest BCUT2D eigenvalue weighted by atomic mass is 9.79. The molecule has 1 heterocycles. The molecule has 29 heavy (non-hydrogen) atoms. The lowest BCUT2D eigenvalue weighted by Crippen LogP contribution is -2.28. The summed E-state index contributed by atoms with van der Waals surface area (Å²) >= 11 is 0. The molecule has 0 atom stereocenters. The van der Waals surface area contributed by atoms with Crippen LogP contribution in [-0.2, 0) is 17.9 Å². The van der Waals surface area contributed by atoms with Crippen molar-refractivity contribution in [3.8, 4) is 11.5 Å². The molecule has 7 heteroatoms. The smallest absolute Gasteiger partial charge is 0.491 e. The molecule has 0 saturated carbocycles. The molecular formula is C22H20BNO5. The monoisotopic (exact) mass is 389 g/mol. The fourth-order valence-corrected chi connectivity index (χ4v) is 3.15. The van der Waals surface area contributed by atoms with Crippen molar-refractivity contribution < 1.29 is 23.9 Å². The van der Waals surface area contributed by atoms with Gasteiger partial charge in [-0.3, -0.25) is 4.79 Å². The van der Waals surface area contributed by atoms with Crippen LogP contribution in [0.15, 0.2) is 66.7 Å². The van der Waals surface area contributed by atoms with E-state index in [0.717, 1.165) is 16.9 Å². The number of ether oxygens (including phenoxy) is 2. The zero-order valence-electron chi connectivity index (χ0n) is 15.9. The summed E-state index contributed by atoms with van der Waals surface area (Å²) in [5.41, 5.74) is 3.64. The highest BCUT2D eigenvalue weighted by Gasteiger charge is 2.27. The molecule has 0 aromatic heterocycles. The van der Waals surface area contributed by atoms with Gasteiger partial charge in [0.1, 0.15) is 18.1 Å². The predicted molar refractivity (Wildman–Crippen MR) is 111 cm³/mol. The molecular weight excluding hydrogens is 369 g/mol. The minimum Gasteiger partial charge on any atom is -0.497 e. The average molecular weight is 389 g/mol. The summed E-state index contributed by atoms with van der Waals surface area (Å²) in [6, 6.07) is 20.0. The molecule has 2 N–H and O–H groups in total. The molecule has 6 nitrogen and oxygen atoms in total. The van der Waals surface area contributed by atoms with Gasteiger partial charge in [0, 0.05) is 11.3 Å². The van der Waals surface area contributed by atoms with Crippen LogP contribution in [0.4, 0.5) is 5.69 Å². The molecule has 1 amide bonds. The van der Waals surface area contributed by atoms with Gasteiger partial charge in [0.2, 0.25) is 0 Å². The molecule has 0 saturated heterocycles. The molecule has 3 aromatic rings. The highest BCUT2D eigenvalue weighted by molar-refractivity contribution is 6.61. The Morgan fingerprint density at radius 3 is 2.79 bits per heavy atom.